The minimum absolute atomic E-state index is 0.102. The number of phenols is 1. The molecule has 4 bridgehead atoms. The van der Waals surface area contributed by atoms with Crippen LogP contribution in [-0.2, 0) is 14.9 Å². The van der Waals surface area contributed by atoms with Gasteiger partial charge in [-0.2, -0.15) is 0 Å². The highest BCUT2D eigenvalue weighted by Gasteiger charge is 2.52. The van der Waals surface area contributed by atoms with Crippen LogP contribution < -0.4 is 0 Å². The van der Waals surface area contributed by atoms with E-state index < -0.39 is 5.97 Å². The summed E-state index contributed by atoms with van der Waals surface area (Å²) in [6.07, 6.45) is 7.65. The molecule has 0 heterocycles. The molecule has 4 aliphatic rings. The number of para-hydroxylation sites is 1. The highest BCUT2D eigenvalue weighted by Crippen LogP contribution is 2.62. The van der Waals surface area contributed by atoms with E-state index in [-0.39, 0.29) is 16.7 Å². The van der Waals surface area contributed by atoms with Gasteiger partial charge in [0.05, 0.1) is 12.7 Å². The van der Waals surface area contributed by atoms with Crippen LogP contribution in [0.5, 0.6) is 5.75 Å². The molecular weight excluding hydrogens is 288 g/mol. The molecule has 23 heavy (non-hydrogen) atoms. The Morgan fingerprint density at radius 1 is 1.17 bits per heavy atom. The average molecular weight is 312 g/mol. The third-order valence-electron chi connectivity index (χ3n) is 6.40. The van der Waals surface area contributed by atoms with E-state index in [1.54, 1.807) is 6.07 Å². The van der Waals surface area contributed by atoms with Gasteiger partial charge < -0.3 is 9.84 Å². The van der Waals surface area contributed by atoms with Gasteiger partial charge in [0.25, 0.3) is 0 Å². The third kappa shape index (κ3) is 2.20. The molecule has 0 unspecified atom stereocenters. The Morgan fingerprint density at radius 3 is 2.26 bits per heavy atom. The topological polar surface area (TPSA) is 46.5 Å². The van der Waals surface area contributed by atoms with E-state index in [0.29, 0.717) is 5.56 Å². The average Bonchev–Trinajstić information content (AvgIpc) is 2.52. The molecule has 4 fully saturated rings. The van der Waals surface area contributed by atoms with E-state index in [4.69, 9.17) is 4.74 Å². The summed E-state index contributed by atoms with van der Waals surface area (Å²) < 4.78 is 4.76. The second kappa shape index (κ2) is 5.12. The van der Waals surface area contributed by atoms with Gasteiger partial charge in [0.1, 0.15) is 5.75 Å². The second-order valence-electron chi connectivity index (χ2n) is 7.87. The molecule has 122 valence electrons. The number of esters is 1. The van der Waals surface area contributed by atoms with Crippen LogP contribution in [0.25, 0.3) is 5.57 Å². The number of carbonyl (C=O) groups is 1. The smallest absolute Gasteiger partial charge is 0.337 e. The lowest BCUT2D eigenvalue weighted by Crippen LogP contribution is -2.48. The van der Waals surface area contributed by atoms with Gasteiger partial charge in [-0.3, -0.25) is 0 Å². The largest absolute Gasteiger partial charge is 0.507 e. The number of hydrogen-bond donors (Lipinski definition) is 1. The quantitative estimate of drug-likeness (QED) is 0.676. The summed E-state index contributed by atoms with van der Waals surface area (Å²) in [5.41, 5.74) is 1.88. The van der Waals surface area contributed by atoms with E-state index in [1.807, 2.05) is 6.07 Å². The zero-order chi connectivity index (χ0) is 16.2. The molecule has 0 radical (unpaired) electrons. The SMILES string of the molecule is C=C(C(=O)OC)c1cccc(C23CC4CC(CC(C4)C2)C3)c1O. The van der Waals surface area contributed by atoms with Crippen molar-refractivity contribution in [1.82, 2.24) is 0 Å². The minimum atomic E-state index is -0.483. The van der Waals surface area contributed by atoms with E-state index in [2.05, 4.69) is 12.6 Å². The Hall–Kier alpha value is -1.77. The summed E-state index contributed by atoms with van der Waals surface area (Å²) in [5.74, 6) is 2.20. The lowest BCUT2D eigenvalue weighted by atomic mass is 9.48. The standard InChI is InChI=1S/C20H24O3/c1-12(19(22)23-2)16-4-3-5-17(18(16)21)20-9-13-6-14(10-20)8-15(7-13)11-20/h3-5,13-15,21H,1,6-11H2,2H3. The first-order valence-electron chi connectivity index (χ1n) is 8.62. The predicted octanol–water partition coefficient (Wildman–Crippen LogP) is 4.05. The van der Waals surface area contributed by atoms with E-state index >= 15 is 0 Å². The third-order valence-corrected chi connectivity index (χ3v) is 6.40. The van der Waals surface area contributed by atoms with Crippen molar-refractivity contribution in [2.75, 3.05) is 7.11 Å². The Morgan fingerprint density at radius 2 is 1.74 bits per heavy atom. The molecule has 1 N–H and O–H groups in total. The molecule has 0 aliphatic heterocycles. The number of ether oxygens (including phenoxy) is 1. The summed E-state index contributed by atoms with van der Waals surface area (Å²) in [6, 6.07) is 5.76. The molecule has 0 saturated heterocycles. The molecule has 0 spiro atoms. The van der Waals surface area contributed by atoms with Crippen LogP contribution in [0.15, 0.2) is 24.8 Å². The van der Waals surface area contributed by atoms with Crippen LogP contribution in [0.2, 0.25) is 0 Å². The van der Waals surface area contributed by atoms with Crippen LogP contribution in [0.3, 0.4) is 0 Å². The Kier molecular flexibility index (Phi) is 3.29. The van der Waals surface area contributed by atoms with Crippen LogP contribution >= 0.6 is 0 Å². The van der Waals surface area contributed by atoms with Crippen molar-refractivity contribution in [3.05, 3.63) is 35.9 Å². The van der Waals surface area contributed by atoms with E-state index in [1.165, 1.54) is 45.6 Å². The highest BCUT2D eigenvalue weighted by atomic mass is 16.5. The molecular formula is C20H24O3. The number of phenolic OH excluding ortho intramolecular Hbond substituents is 1. The lowest BCUT2D eigenvalue weighted by molar-refractivity contribution is -0.133. The van der Waals surface area contributed by atoms with Crippen molar-refractivity contribution in [1.29, 1.82) is 0 Å². The van der Waals surface area contributed by atoms with Gasteiger partial charge >= 0.3 is 5.97 Å². The summed E-state index contributed by atoms with van der Waals surface area (Å²) in [4.78, 5) is 11.8. The monoisotopic (exact) mass is 312 g/mol. The first kappa shape index (κ1) is 14.8. The van der Waals surface area contributed by atoms with Gasteiger partial charge in [-0.15, -0.1) is 0 Å². The summed E-state index contributed by atoms with van der Waals surface area (Å²) >= 11 is 0. The van der Waals surface area contributed by atoms with Crippen LogP contribution in [0.4, 0.5) is 0 Å². The minimum Gasteiger partial charge on any atom is -0.507 e. The van der Waals surface area contributed by atoms with Crippen molar-refractivity contribution in [2.45, 2.75) is 43.9 Å². The van der Waals surface area contributed by atoms with E-state index in [0.717, 1.165) is 23.3 Å². The Labute approximate surface area is 137 Å². The molecule has 5 rings (SSSR count). The van der Waals surface area contributed by atoms with Crippen molar-refractivity contribution in [2.24, 2.45) is 17.8 Å². The fourth-order valence-electron chi connectivity index (χ4n) is 5.89. The Bertz CT molecular complexity index is 638. The van der Waals surface area contributed by atoms with Gasteiger partial charge in [-0.05, 0) is 61.7 Å². The van der Waals surface area contributed by atoms with Crippen LogP contribution in [0, 0.1) is 17.8 Å². The second-order valence-corrected chi connectivity index (χ2v) is 7.87. The van der Waals surface area contributed by atoms with Crippen molar-refractivity contribution in [3.63, 3.8) is 0 Å². The summed E-state index contributed by atoms with van der Waals surface area (Å²) in [6.45, 7) is 3.81. The Balaban J connectivity index is 1.75. The number of aromatic hydroxyl groups is 1. The number of rotatable bonds is 3. The summed E-state index contributed by atoms with van der Waals surface area (Å²) in [7, 11) is 1.34. The molecule has 3 nitrogen and oxygen atoms in total. The van der Waals surface area contributed by atoms with Gasteiger partial charge in [-0.25, -0.2) is 4.79 Å². The maximum atomic E-state index is 11.8. The van der Waals surface area contributed by atoms with Crippen LogP contribution in [-0.4, -0.2) is 18.2 Å². The normalized spacial score (nSPS) is 34.4. The molecule has 4 aliphatic carbocycles. The predicted molar refractivity (Wildman–Crippen MR) is 89.0 cm³/mol. The van der Waals surface area contributed by atoms with Crippen molar-refractivity contribution in [3.8, 4) is 5.75 Å². The van der Waals surface area contributed by atoms with Crippen LogP contribution in [0.1, 0.15) is 49.7 Å². The molecule has 0 atom stereocenters. The molecule has 4 saturated carbocycles. The molecule has 1 aromatic rings. The fraction of sp³-hybridized carbons (Fsp3) is 0.550. The summed E-state index contributed by atoms with van der Waals surface area (Å²) in [5, 5.41) is 10.9. The molecule has 0 amide bonds. The number of methoxy groups -OCH3 is 1. The van der Waals surface area contributed by atoms with Crippen molar-refractivity contribution < 1.29 is 14.6 Å². The van der Waals surface area contributed by atoms with E-state index in [9.17, 15) is 9.90 Å². The zero-order valence-electron chi connectivity index (χ0n) is 13.7. The maximum Gasteiger partial charge on any atom is 0.337 e. The fourth-order valence-corrected chi connectivity index (χ4v) is 5.89. The number of carbonyl (C=O) groups excluding carboxylic acids is 1. The lowest BCUT2D eigenvalue weighted by Gasteiger charge is -2.57. The first-order valence-corrected chi connectivity index (χ1v) is 8.62. The number of hydrogen-bond acceptors (Lipinski definition) is 3. The molecule has 1 aromatic carbocycles. The first-order chi connectivity index (χ1) is 11.0. The number of benzene rings is 1. The maximum absolute atomic E-state index is 11.8. The highest BCUT2D eigenvalue weighted by molar-refractivity contribution is 6.16. The van der Waals surface area contributed by atoms with Gasteiger partial charge in [0.2, 0.25) is 0 Å². The van der Waals surface area contributed by atoms with Gasteiger partial charge in [-0.1, -0.05) is 24.8 Å². The van der Waals surface area contributed by atoms with Crippen molar-refractivity contribution >= 4 is 11.5 Å². The molecule has 3 heteroatoms. The zero-order valence-corrected chi connectivity index (χ0v) is 13.7. The molecule has 0 aromatic heterocycles. The van der Waals surface area contributed by atoms with Gasteiger partial charge in [0.15, 0.2) is 0 Å². The van der Waals surface area contributed by atoms with Gasteiger partial charge in [0, 0.05) is 11.1 Å².